The Labute approximate surface area is 108 Å². The second-order valence-electron chi connectivity index (χ2n) is 3.33. The molecule has 0 aliphatic heterocycles. The molecule has 0 aliphatic carbocycles. The summed E-state index contributed by atoms with van der Waals surface area (Å²) in [5.41, 5.74) is 1.56. The second kappa shape index (κ2) is 5.21. The molecule has 0 heterocycles. The maximum absolute atomic E-state index is 11.1. The van der Waals surface area contributed by atoms with Gasteiger partial charge in [-0.1, -0.05) is 41.9 Å². The summed E-state index contributed by atoms with van der Waals surface area (Å²) >= 11 is 11.1. The fraction of sp³-hybridized carbons (Fsp3) is 0. The van der Waals surface area contributed by atoms with Crippen LogP contribution in [0.25, 0.3) is 10.8 Å². The lowest BCUT2D eigenvalue weighted by atomic mass is 10.0. The fourth-order valence-corrected chi connectivity index (χ4v) is 1.74. The van der Waals surface area contributed by atoms with E-state index >= 15 is 0 Å². The summed E-state index contributed by atoms with van der Waals surface area (Å²) in [4.78, 5) is 11.1. The number of benzene rings is 2. The van der Waals surface area contributed by atoms with Gasteiger partial charge in [-0.3, -0.25) is 4.79 Å². The molecule has 2 aromatic rings. The molecular formula is C13H8Cl2O2. The Hall–Kier alpha value is -1.51. The molecule has 0 radical (unpaired) electrons. The first-order valence-corrected chi connectivity index (χ1v) is 5.68. The summed E-state index contributed by atoms with van der Waals surface area (Å²) in [6, 6.07) is 11.1. The highest BCUT2D eigenvalue weighted by Gasteiger charge is 2.08. The third kappa shape index (κ3) is 2.43. The van der Waals surface area contributed by atoms with Gasteiger partial charge in [-0.25, -0.2) is 0 Å². The lowest BCUT2D eigenvalue weighted by Crippen LogP contribution is -1.94. The van der Waals surface area contributed by atoms with Crippen molar-refractivity contribution in [2.24, 2.45) is 0 Å². The van der Waals surface area contributed by atoms with Crippen LogP contribution in [0.4, 0.5) is 0 Å². The zero-order chi connectivity index (χ0) is 12.3. The van der Waals surface area contributed by atoms with E-state index in [1.54, 1.807) is 6.07 Å². The minimum absolute atomic E-state index is 0.0186. The van der Waals surface area contributed by atoms with Crippen LogP contribution in [-0.2, 0) is 0 Å². The Morgan fingerprint density at radius 3 is 2.65 bits per heavy atom. The van der Waals surface area contributed by atoms with Crippen molar-refractivity contribution in [1.82, 2.24) is 0 Å². The van der Waals surface area contributed by atoms with Crippen LogP contribution in [-0.4, -0.2) is 6.29 Å². The summed E-state index contributed by atoms with van der Waals surface area (Å²) in [6.45, 7) is 0. The average Bonchev–Trinajstić information content (AvgIpc) is 2.38. The maximum atomic E-state index is 11.1. The van der Waals surface area contributed by atoms with E-state index in [1.165, 1.54) is 0 Å². The third-order valence-electron chi connectivity index (χ3n) is 2.34. The highest BCUT2D eigenvalue weighted by Crippen LogP contribution is 2.28. The van der Waals surface area contributed by atoms with Crippen LogP contribution < -0.4 is 4.74 Å². The molecule has 0 saturated carbocycles. The number of carbonyl (C=O) groups excluding carboxylic acids is 1. The normalized spacial score (nSPS) is 11.5. The highest BCUT2D eigenvalue weighted by molar-refractivity contribution is 6.35. The van der Waals surface area contributed by atoms with Gasteiger partial charge >= 0.3 is 0 Å². The number of rotatable bonds is 3. The van der Waals surface area contributed by atoms with E-state index in [9.17, 15) is 4.79 Å². The summed E-state index contributed by atoms with van der Waals surface area (Å²) in [5, 5.41) is 1.80. The van der Waals surface area contributed by atoms with Crippen molar-refractivity contribution in [2.45, 2.75) is 0 Å². The van der Waals surface area contributed by atoms with Crippen LogP contribution in [0.1, 0.15) is 10.4 Å². The SMILES string of the molecule is O=Cc1c(O/C(Cl)=C\Cl)ccc2ccccc12. The molecule has 2 rings (SSSR count). The molecule has 0 aliphatic rings. The predicted octanol–water partition coefficient (Wildman–Crippen LogP) is 4.31. The van der Waals surface area contributed by atoms with Gasteiger partial charge < -0.3 is 4.74 Å². The molecule has 0 aromatic heterocycles. The van der Waals surface area contributed by atoms with E-state index in [-0.39, 0.29) is 5.22 Å². The van der Waals surface area contributed by atoms with Crippen molar-refractivity contribution >= 4 is 40.3 Å². The topological polar surface area (TPSA) is 26.3 Å². The lowest BCUT2D eigenvalue weighted by molar-refractivity contribution is 0.112. The molecule has 4 heteroatoms. The first kappa shape index (κ1) is 12.0. The van der Waals surface area contributed by atoms with Gasteiger partial charge in [0.25, 0.3) is 0 Å². The van der Waals surface area contributed by atoms with Crippen LogP contribution >= 0.6 is 23.2 Å². The molecule has 0 saturated heterocycles. The molecule has 2 nitrogen and oxygen atoms in total. The second-order valence-corrected chi connectivity index (χ2v) is 3.92. The molecular weight excluding hydrogens is 259 g/mol. The fourth-order valence-electron chi connectivity index (χ4n) is 1.61. The third-order valence-corrected chi connectivity index (χ3v) is 2.84. The maximum Gasteiger partial charge on any atom is 0.205 e. The van der Waals surface area contributed by atoms with Gasteiger partial charge in [0.15, 0.2) is 6.29 Å². The summed E-state index contributed by atoms with van der Waals surface area (Å²) in [6.07, 6.45) is 0.746. The van der Waals surface area contributed by atoms with Crippen LogP contribution in [0.15, 0.2) is 47.2 Å². The van der Waals surface area contributed by atoms with E-state index in [1.807, 2.05) is 30.3 Å². The van der Waals surface area contributed by atoms with Crippen LogP contribution in [0, 0.1) is 0 Å². The molecule has 0 fully saturated rings. The Balaban J connectivity index is 2.61. The number of hydrogen-bond acceptors (Lipinski definition) is 2. The van der Waals surface area contributed by atoms with Crippen molar-refractivity contribution in [3.8, 4) is 5.75 Å². The van der Waals surface area contributed by atoms with E-state index in [2.05, 4.69) is 0 Å². The van der Waals surface area contributed by atoms with Gasteiger partial charge in [0, 0.05) is 0 Å². The quantitative estimate of drug-likeness (QED) is 0.612. The van der Waals surface area contributed by atoms with Crippen molar-refractivity contribution in [1.29, 1.82) is 0 Å². The molecule has 0 N–H and O–H groups in total. The Kier molecular flexibility index (Phi) is 3.67. The zero-order valence-corrected chi connectivity index (χ0v) is 10.2. The van der Waals surface area contributed by atoms with Gasteiger partial charge in [-0.15, -0.1) is 0 Å². The van der Waals surface area contributed by atoms with Crippen LogP contribution in [0.3, 0.4) is 0 Å². The van der Waals surface area contributed by atoms with Crippen LogP contribution in [0.5, 0.6) is 5.75 Å². The number of fused-ring (bicyclic) bond motifs is 1. The highest BCUT2D eigenvalue weighted by atomic mass is 35.5. The smallest absolute Gasteiger partial charge is 0.205 e. The van der Waals surface area contributed by atoms with Gasteiger partial charge in [0.1, 0.15) is 5.75 Å². The average molecular weight is 267 g/mol. The standard InChI is InChI=1S/C13H8Cl2O2/c14-7-13(15)17-12-6-5-9-3-1-2-4-10(9)11(12)8-16/h1-8H/b13-7-. The Morgan fingerprint density at radius 1 is 1.18 bits per heavy atom. The van der Waals surface area contributed by atoms with E-state index in [0.717, 1.165) is 22.6 Å². The molecule has 0 bridgehead atoms. The summed E-state index contributed by atoms with van der Waals surface area (Å²) < 4.78 is 5.26. The van der Waals surface area contributed by atoms with Crippen molar-refractivity contribution in [3.63, 3.8) is 0 Å². The van der Waals surface area contributed by atoms with Gasteiger partial charge in [0.2, 0.25) is 5.22 Å². The molecule has 0 unspecified atom stereocenters. The number of hydrogen-bond donors (Lipinski definition) is 0. The van der Waals surface area contributed by atoms with Crippen molar-refractivity contribution in [3.05, 3.63) is 52.7 Å². The van der Waals surface area contributed by atoms with E-state index in [0.29, 0.717) is 11.3 Å². The van der Waals surface area contributed by atoms with Gasteiger partial charge in [-0.2, -0.15) is 0 Å². The molecule has 0 atom stereocenters. The van der Waals surface area contributed by atoms with Crippen molar-refractivity contribution < 1.29 is 9.53 Å². The summed E-state index contributed by atoms with van der Waals surface area (Å²) in [5.74, 6) is 0.389. The first-order valence-electron chi connectivity index (χ1n) is 4.87. The van der Waals surface area contributed by atoms with Gasteiger partial charge in [0.05, 0.1) is 11.1 Å². The van der Waals surface area contributed by atoms with E-state index < -0.39 is 0 Å². The largest absolute Gasteiger partial charge is 0.444 e. The number of carbonyl (C=O) groups is 1. The summed E-state index contributed by atoms with van der Waals surface area (Å²) in [7, 11) is 0. The van der Waals surface area contributed by atoms with E-state index in [4.69, 9.17) is 27.9 Å². The zero-order valence-electron chi connectivity index (χ0n) is 8.69. The van der Waals surface area contributed by atoms with Gasteiger partial charge in [-0.05, 0) is 28.4 Å². The molecule has 0 spiro atoms. The molecule has 2 aromatic carbocycles. The minimum Gasteiger partial charge on any atom is -0.444 e. The predicted molar refractivity (Wildman–Crippen MR) is 69.8 cm³/mol. The number of halogens is 2. The first-order chi connectivity index (χ1) is 8.26. The van der Waals surface area contributed by atoms with Crippen molar-refractivity contribution in [2.75, 3.05) is 0 Å². The monoisotopic (exact) mass is 266 g/mol. The Bertz CT molecular complexity index is 591. The number of ether oxygens (including phenoxy) is 1. The minimum atomic E-state index is 0.0186. The Morgan fingerprint density at radius 2 is 1.94 bits per heavy atom. The van der Waals surface area contributed by atoms with Crippen LogP contribution in [0.2, 0.25) is 0 Å². The molecule has 17 heavy (non-hydrogen) atoms. The lowest BCUT2D eigenvalue weighted by Gasteiger charge is -2.08. The number of aldehydes is 1. The molecule has 0 amide bonds. The molecule has 86 valence electrons.